The number of aromatic nitrogens is 1. The van der Waals surface area contributed by atoms with E-state index in [1.807, 2.05) is 24.3 Å². The molecule has 3 N–H and O–H groups in total. The van der Waals surface area contributed by atoms with E-state index in [0.29, 0.717) is 29.7 Å². The summed E-state index contributed by atoms with van der Waals surface area (Å²) >= 11 is 1.45. The van der Waals surface area contributed by atoms with Crippen LogP contribution in [0.1, 0.15) is 18.2 Å². The lowest BCUT2D eigenvalue weighted by Gasteiger charge is -2.20. The SMILES string of the molecule is CCCN(CC(=O)Nc1ccccc1OC)Cc1cnc(N)s1. The molecule has 2 rings (SSSR count). The minimum Gasteiger partial charge on any atom is -0.495 e. The first kappa shape index (κ1) is 17.2. The van der Waals surface area contributed by atoms with Crippen LogP contribution in [0.5, 0.6) is 5.75 Å². The molecule has 0 radical (unpaired) electrons. The van der Waals surface area contributed by atoms with Gasteiger partial charge in [-0.15, -0.1) is 11.3 Å². The molecule has 0 aliphatic heterocycles. The van der Waals surface area contributed by atoms with Gasteiger partial charge in [-0.25, -0.2) is 4.98 Å². The van der Waals surface area contributed by atoms with Crippen LogP contribution < -0.4 is 15.8 Å². The highest BCUT2D eigenvalue weighted by Crippen LogP contribution is 2.23. The summed E-state index contributed by atoms with van der Waals surface area (Å²) in [6, 6.07) is 7.37. The highest BCUT2D eigenvalue weighted by molar-refractivity contribution is 7.15. The van der Waals surface area contributed by atoms with Crippen molar-refractivity contribution in [2.24, 2.45) is 0 Å². The van der Waals surface area contributed by atoms with Crippen molar-refractivity contribution in [2.75, 3.05) is 31.2 Å². The third-order valence-corrected chi connectivity index (χ3v) is 4.05. The minimum absolute atomic E-state index is 0.0690. The maximum atomic E-state index is 12.3. The van der Waals surface area contributed by atoms with Crippen LogP contribution in [0.2, 0.25) is 0 Å². The van der Waals surface area contributed by atoms with Gasteiger partial charge in [-0.05, 0) is 25.1 Å². The topological polar surface area (TPSA) is 80.5 Å². The number of nitrogens with one attached hydrogen (secondary N) is 1. The number of rotatable bonds is 8. The van der Waals surface area contributed by atoms with Crippen molar-refractivity contribution in [1.82, 2.24) is 9.88 Å². The Hall–Kier alpha value is -2.12. The molecule has 2 aromatic rings. The molecule has 1 heterocycles. The van der Waals surface area contributed by atoms with Gasteiger partial charge >= 0.3 is 0 Å². The Balaban J connectivity index is 1.97. The van der Waals surface area contributed by atoms with Gasteiger partial charge in [0, 0.05) is 17.6 Å². The Morgan fingerprint density at radius 2 is 2.22 bits per heavy atom. The second-order valence-electron chi connectivity index (χ2n) is 5.12. The van der Waals surface area contributed by atoms with E-state index in [2.05, 4.69) is 22.1 Å². The summed E-state index contributed by atoms with van der Waals surface area (Å²) in [5.74, 6) is 0.582. The maximum Gasteiger partial charge on any atom is 0.238 e. The third-order valence-electron chi connectivity index (χ3n) is 3.24. The molecule has 124 valence electrons. The average molecular weight is 334 g/mol. The summed E-state index contributed by atoms with van der Waals surface area (Å²) in [6.45, 7) is 3.90. The van der Waals surface area contributed by atoms with E-state index in [9.17, 15) is 4.79 Å². The van der Waals surface area contributed by atoms with Gasteiger partial charge in [0.05, 0.1) is 19.3 Å². The Kier molecular flexibility index (Phi) is 6.37. The van der Waals surface area contributed by atoms with E-state index >= 15 is 0 Å². The highest BCUT2D eigenvalue weighted by atomic mass is 32.1. The monoisotopic (exact) mass is 334 g/mol. The number of thiazole rings is 1. The van der Waals surface area contributed by atoms with Crippen molar-refractivity contribution in [3.05, 3.63) is 35.3 Å². The van der Waals surface area contributed by atoms with Crippen LogP contribution in [0.3, 0.4) is 0 Å². The lowest BCUT2D eigenvalue weighted by molar-refractivity contribution is -0.117. The molecule has 7 heteroatoms. The lowest BCUT2D eigenvalue weighted by atomic mass is 10.3. The number of carbonyl (C=O) groups excluding carboxylic acids is 1. The zero-order valence-electron chi connectivity index (χ0n) is 13.4. The Morgan fingerprint density at radius 3 is 2.87 bits per heavy atom. The number of hydrogen-bond acceptors (Lipinski definition) is 6. The van der Waals surface area contributed by atoms with Crippen molar-refractivity contribution in [2.45, 2.75) is 19.9 Å². The molecule has 0 bridgehead atoms. The number of methoxy groups -OCH3 is 1. The standard InChI is InChI=1S/C16H22N4O2S/c1-3-8-20(10-12-9-18-16(17)23-12)11-15(21)19-13-6-4-5-7-14(13)22-2/h4-7,9H,3,8,10-11H2,1-2H3,(H2,17,18)(H,19,21). The van der Waals surface area contributed by atoms with Crippen LogP contribution in [-0.4, -0.2) is 36.0 Å². The lowest BCUT2D eigenvalue weighted by Crippen LogP contribution is -2.33. The van der Waals surface area contributed by atoms with Gasteiger partial charge < -0.3 is 15.8 Å². The van der Waals surface area contributed by atoms with Crippen LogP contribution in [0.15, 0.2) is 30.5 Å². The van der Waals surface area contributed by atoms with Crippen LogP contribution >= 0.6 is 11.3 Å². The number of para-hydroxylation sites is 2. The van der Waals surface area contributed by atoms with Crippen LogP contribution in [0, 0.1) is 0 Å². The Morgan fingerprint density at radius 1 is 1.43 bits per heavy atom. The van der Waals surface area contributed by atoms with Crippen molar-refractivity contribution in [1.29, 1.82) is 0 Å². The highest BCUT2D eigenvalue weighted by Gasteiger charge is 2.13. The third kappa shape index (κ3) is 5.22. The number of nitrogen functional groups attached to an aromatic ring is 1. The maximum absolute atomic E-state index is 12.3. The molecule has 0 aliphatic carbocycles. The fourth-order valence-electron chi connectivity index (χ4n) is 2.29. The van der Waals surface area contributed by atoms with Gasteiger partial charge in [-0.3, -0.25) is 9.69 Å². The number of amides is 1. The molecule has 0 saturated carbocycles. The Labute approximate surface area is 140 Å². The number of benzene rings is 1. The van der Waals surface area contributed by atoms with Gasteiger partial charge in [0.2, 0.25) is 5.91 Å². The van der Waals surface area contributed by atoms with E-state index < -0.39 is 0 Å². The summed E-state index contributed by atoms with van der Waals surface area (Å²) < 4.78 is 5.25. The molecule has 0 spiro atoms. The van der Waals surface area contributed by atoms with Crippen LogP contribution in [-0.2, 0) is 11.3 Å². The van der Waals surface area contributed by atoms with Crippen LogP contribution in [0.4, 0.5) is 10.8 Å². The number of nitrogens with zero attached hydrogens (tertiary/aromatic N) is 2. The van der Waals surface area contributed by atoms with Gasteiger partial charge in [0.15, 0.2) is 5.13 Å². The first-order valence-electron chi connectivity index (χ1n) is 7.47. The summed E-state index contributed by atoms with van der Waals surface area (Å²) in [6.07, 6.45) is 2.73. The summed E-state index contributed by atoms with van der Waals surface area (Å²) in [5.41, 5.74) is 6.34. The molecular weight excluding hydrogens is 312 g/mol. The van der Waals surface area contributed by atoms with Crippen LogP contribution in [0.25, 0.3) is 0 Å². The molecule has 0 unspecified atom stereocenters. The second kappa shape index (κ2) is 8.50. The molecule has 1 amide bonds. The number of carbonyl (C=O) groups is 1. The van der Waals surface area contributed by atoms with Gasteiger partial charge in [0.1, 0.15) is 5.75 Å². The second-order valence-corrected chi connectivity index (χ2v) is 6.27. The molecule has 0 fully saturated rings. The number of nitrogens with two attached hydrogens (primary N) is 1. The minimum atomic E-state index is -0.0690. The van der Waals surface area contributed by atoms with Gasteiger partial charge in [0.25, 0.3) is 0 Å². The van der Waals surface area contributed by atoms with E-state index in [1.165, 1.54) is 11.3 Å². The summed E-state index contributed by atoms with van der Waals surface area (Å²) in [5, 5.41) is 3.45. The van der Waals surface area contributed by atoms with E-state index in [-0.39, 0.29) is 5.91 Å². The Bertz CT molecular complexity index is 645. The fraction of sp³-hybridized carbons (Fsp3) is 0.375. The average Bonchev–Trinajstić information content (AvgIpc) is 2.93. The zero-order valence-corrected chi connectivity index (χ0v) is 14.2. The predicted octanol–water partition coefficient (Wildman–Crippen LogP) is 2.58. The van der Waals surface area contributed by atoms with Gasteiger partial charge in [-0.2, -0.15) is 0 Å². The molecule has 6 nitrogen and oxygen atoms in total. The molecular formula is C16H22N4O2S. The fourth-order valence-corrected chi connectivity index (χ4v) is 3.01. The van der Waals surface area contributed by atoms with Crippen molar-refractivity contribution in [3.8, 4) is 5.75 Å². The van der Waals surface area contributed by atoms with Crippen molar-refractivity contribution >= 4 is 28.1 Å². The summed E-state index contributed by atoms with van der Waals surface area (Å²) in [4.78, 5) is 19.5. The smallest absolute Gasteiger partial charge is 0.238 e. The van der Waals surface area contributed by atoms with E-state index in [1.54, 1.807) is 13.3 Å². The largest absolute Gasteiger partial charge is 0.495 e. The number of anilines is 2. The van der Waals surface area contributed by atoms with Gasteiger partial charge in [-0.1, -0.05) is 19.1 Å². The molecule has 0 aliphatic rings. The predicted molar refractivity (Wildman–Crippen MR) is 93.7 cm³/mol. The molecule has 23 heavy (non-hydrogen) atoms. The molecule has 0 atom stereocenters. The van der Waals surface area contributed by atoms with Crippen molar-refractivity contribution in [3.63, 3.8) is 0 Å². The van der Waals surface area contributed by atoms with E-state index in [0.717, 1.165) is 17.8 Å². The molecule has 1 aromatic heterocycles. The first-order chi connectivity index (χ1) is 11.1. The molecule has 1 aromatic carbocycles. The summed E-state index contributed by atoms with van der Waals surface area (Å²) in [7, 11) is 1.59. The first-order valence-corrected chi connectivity index (χ1v) is 8.29. The van der Waals surface area contributed by atoms with E-state index in [4.69, 9.17) is 10.5 Å². The molecule has 0 saturated heterocycles. The zero-order chi connectivity index (χ0) is 16.7. The number of hydrogen-bond donors (Lipinski definition) is 2. The number of ether oxygens (including phenoxy) is 1. The normalized spacial score (nSPS) is 10.7. The van der Waals surface area contributed by atoms with Crippen molar-refractivity contribution < 1.29 is 9.53 Å². The quantitative estimate of drug-likeness (QED) is 0.775.